The summed E-state index contributed by atoms with van der Waals surface area (Å²) in [7, 11) is 0. The molecule has 136 valence electrons. The lowest BCUT2D eigenvalue weighted by Gasteiger charge is -2.02. The highest BCUT2D eigenvalue weighted by Gasteiger charge is 2.15. The fourth-order valence-corrected chi connectivity index (χ4v) is 3.40. The summed E-state index contributed by atoms with van der Waals surface area (Å²) in [6, 6.07) is 7.16. The van der Waals surface area contributed by atoms with Gasteiger partial charge >= 0.3 is 5.97 Å². The molecule has 3 aromatic heterocycles. The summed E-state index contributed by atoms with van der Waals surface area (Å²) in [6.45, 7) is 0. The second kappa shape index (κ2) is 6.80. The number of fused-ring (bicyclic) bond motifs is 1. The molecule has 0 amide bonds. The Balaban J connectivity index is 1.62. The van der Waals surface area contributed by atoms with Crippen molar-refractivity contribution in [2.24, 2.45) is 0 Å². The average Bonchev–Trinajstić information content (AvgIpc) is 3.22. The minimum Gasteiger partial charge on any atom is -0.481 e. The quantitative estimate of drug-likeness (QED) is 0.560. The molecule has 27 heavy (non-hydrogen) atoms. The molecular weight excluding hydrogens is 378 g/mol. The van der Waals surface area contributed by atoms with Crippen molar-refractivity contribution in [1.82, 2.24) is 20.2 Å². The number of aliphatic carboxylic acids is 1. The minimum atomic E-state index is -1.06. The van der Waals surface area contributed by atoms with Gasteiger partial charge in [0, 0.05) is 5.56 Å². The largest absolute Gasteiger partial charge is 0.481 e. The summed E-state index contributed by atoms with van der Waals surface area (Å²) in [6.07, 6.45) is -0.131. The van der Waals surface area contributed by atoms with Crippen molar-refractivity contribution in [1.29, 1.82) is 0 Å². The van der Waals surface area contributed by atoms with Crippen molar-refractivity contribution < 1.29 is 23.1 Å². The first-order valence-corrected chi connectivity index (χ1v) is 8.55. The van der Waals surface area contributed by atoms with E-state index in [0.717, 1.165) is 6.07 Å². The molecule has 0 aliphatic carbocycles. The molecule has 1 N–H and O–H groups in total. The zero-order valence-electron chi connectivity index (χ0n) is 13.5. The van der Waals surface area contributed by atoms with E-state index in [0.29, 0.717) is 21.0 Å². The van der Waals surface area contributed by atoms with Crippen LogP contribution >= 0.6 is 11.3 Å². The molecule has 7 nitrogen and oxygen atoms in total. The molecule has 4 rings (SSSR count). The summed E-state index contributed by atoms with van der Waals surface area (Å²) in [5.74, 6) is -2.70. The van der Waals surface area contributed by atoms with Gasteiger partial charge in [-0.3, -0.25) is 4.79 Å². The molecule has 10 heteroatoms. The zero-order chi connectivity index (χ0) is 19.0. The highest BCUT2D eigenvalue weighted by Crippen LogP contribution is 2.28. The van der Waals surface area contributed by atoms with Gasteiger partial charge < -0.3 is 9.52 Å². The Morgan fingerprint density at radius 2 is 1.93 bits per heavy atom. The van der Waals surface area contributed by atoms with Crippen molar-refractivity contribution in [3.05, 3.63) is 58.8 Å². The van der Waals surface area contributed by atoms with Crippen LogP contribution in [0.1, 0.15) is 16.8 Å². The first-order valence-electron chi connectivity index (χ1n) is 7.73. The molecule has 0 radical (unpaired) electrons. The lowest BCUT2D eigenvalue weighted by atomic mass is 10.1. The van der Waals surface area contributed by atoms with E-state index in [-0.39, 0.29) is 30.2 Å². The van der Waals surface area contributed by atoms with Crippen LogP contribution in [-0.2, 0) is 17.6 Å². The highest BCUT2D eigenvalue weighted by atomic mass is 32.1. The van der Waals surface area contributed by atoms with Gasteiger partial charge in [-0.05, 0) is 24.3 Å². The molecule has 3 heterocycles. The molecule has 0 aliphatic rings. The molecule has 1 aromatic carbocycles. The van der Waals surface area contributed by atoms with Crippen LogP contribution in [0.25, 0.3) is 21.6 Å². The summed E-state index contributed by atoms with van der Waals surface area (Å²) in [4.78, 5) is 20.0. The maximum Gasteiger partial charge on any atom is 0.312 e. The van der Waals surface area contributed by atoms with Crippen LogP contribution in [0.4, 0.5) is 8.78 Å². The van der Waals surface area contributed by atoms with E-state index in [4.69, 9.17) is 9.52 Å². The van der Waals surface area contributed by atoms with Gasteiger partial charge in [-0.1, -0.05) is 17.4 Å². The van der Waals surface area contributed by atoms with Crippen LogP contribution in [0.5, 0.6) is 0 Å². The zero-order valence-corrected chi connectivity index (χ0v) is 14.3. The number of pyridine rings is 1. The number of hydrogen-bond donors (Lipinski definition) is 1. The molecule has 0 spiro atoms. The highest BCUT2D eigenvalue weighted by molar-refractivity contribution is 7.18. The first-order chi connectivity index (χ1) is 13.0. The maximum atomic E-state index is 14.0. The third-order valence-electron chi connectivity index (χ3n) is 3.64. The van der Waals surface area contributed by atoms with Crippen molar-refractivity contribution in [3.63, 3.8) is 0 Å². The summed E-state index contributed by atoms with van der Waals surface area (Å²) >= 11 is 1.25. The molecule has 0 unspecified atom stereocenters. The number of aromatic nitrogens is 4. The molecule has 0 bridgehead atoms. The Bertz CT molecular complexity index is 1160. The Hall–Kier alpha value is -3.27. The predicted octanol–water partition coefficient (Wildman–Crippen LogP) is 3.24. The number of carboxylic acid groups (broad SMARTS) is 1. The molecular formula is C17H10F2N4O3S. The van der Waals surface area contributed by atoms with Crippen molar-refractivity contribution in [2.45, 2.75) is 12.8 Å². The SMILES string of the molecule is O=C(O)Cc1nnc(Cc2nc3ccc(-c4cccc(F)c4F)nc3s2)o1. The van der Waals surface area contributed by atoms with E-state index in [9.17, 15) is 13.6 Å². The normalized spacial score (nSPS) is 11.2. The standard InChI is InChI=1S/C17H10F2N4O3S/c18-9-3-1-2-8(16(9)19)10-4-5-11-17(21-10)27-14(20-11)6-12-22-23-13(26-12)7-15(24)25/h1-5H,6-7H2,(H,24,25). The number of halogens is 2. The Kier molecular flexibility index (Phi) is 4.32. The van der Waals surface area contributed by atoms with E-state index < -0.39 is 17.6 Å². The Labute approximate surface area is 154 Å². The van der Waals surface area contributed by atoms with Gasteiger partial charge in [0.05, 0.1) is 12.1 Å². The first kappa shape index (κ1) is 17.2. The second-order valence-electron chi connectivity index (χ2n) is 5.57. The minimum absolute atomic E-state index is 0.0144. The Morgan fingerprint density at radius 1 is 1.11 bits per heavy atom. The van der Waals surface area contributed by atoms with E-state index >= 15 is 0 Å². The molecule has 0 fully saturated rings. The fourth-order valence-electron chi connectivity index (χ4n) is 2.48. The van der Waals surface area contributed by atoms with E-state index in [1.807, 2.05) is 0 Å². The van der Waals surface area contributed by atoms with Crippen LogP contribution in [0.15, 0.2) is 34.7 Å². The molecule has 0 aliphatic heterocycles. The van der Waals surface area contributed by atoms with Gasteiger partial charge in [-0.25, -0.2) is 18.7 Å². The second-order valence-corrected chi connectivity index (χ2v) is 6.63. The maximum absolute atomic E-state index is 14.0. The van der Waals surface area contributed by atoms with Crippen LogP contribution < -0.4 is 0 Å². The third kappa shape index (κ3) is 3.51. The number of nitrogens with zero attached hydrogens (tertiary/aromatic N) is 4. The summed E-state index contributed by atoms with van der Waals surface area (Å²) < 4.78 is 32.7. The third-order valence-corrected chi connectivity index (χ3v) is 4.61. The summed E-state index contributed by atoms with van der Waals surface area (Å²) in [5, 5.41) is 16.8. The molecule has 4 aromatic rings. The summed E-state index contributed by atoms with van der Waals surface area (Å²) in [5.41, 5.74) is 0.971. The average molecular weight is 388 g/mol. The topological polar surface area (TPSA) is 102 Å². The number of carbonyl (C=O) groups is 1. The number of benzene rings is 1. The van der Waals surface area contributed by atoms with Gasteiger partial charge in [0.2, 0.25) is 11.8 Å². The smallest absolute Gasteiger partial charge is 0.312 e. The lowest BCUT2D eigenvalue weighted by Crippen LogP contribution is -1.99. The number of thiazole rings is 1. The van der Waals surface area contributed by atoms with Crippen LogP contribution in [0, 0.1) is 11.6 Å². The fraction of sp³-hybridized carbons (Fsp3) is 0.118. The lowest BCUT2D eigenvalue weighted by molar-refractivity contribution is -0.136. The number of hydrogen-bond acceptors (Lipinski definition) is 7. The predicted molar refractivity (Wildman–Crippen MR) is 91.2 cm³/mol. The van der Waals surface area contributed by atoms with Gasteiger partial charge in [0.25, 0.3) is 0 Å². The number of rotatable bonds is 5. The van der Waals surface area contributed by atoms with Crippen molar-refractivity contribution >= 4 is 27.7 Å². The number of carboxylic acids is 1. The van der Waals surface area contributed by atoms with E-state index in [2.05, 4.69) is 20.2 Å². The van der Waals surface area contributed by atoms with Crippen LogP contribution in [-0.4, -0.2) is 31.2 Å². The van der Waals surface area contributed by atoms with Gasteiger partial charge in [-0.2, -0.15) is 0 Å². The van der Waals surface area contributed by atoms with E-state index in [1.165, 1.54) is 23.5 Å². The van der Waals surface area contributed by atoms with Crippen molar-refractivity contribution in [3.8, 4) is 11.3 Å². The molecule has 0 atom stereocenters. The molecule has 0 saturated heterocycles. The van der Waals surface area contributed by atoms with Crippen LogP contribution in [0.3, 0.4) is 0 Å². The van der Waals surface area contributed by atoms with E-state index in [1.54, 1.807) is 12.1 Å². The Morgan fingerprint density at radius 3 is 2.74 bits per heavy atom. The van der Waals surface area contributed by atoms with Gasteiger partial charge in [-0.15, -0.1) is 10.2 Å². The monoisotopic (exact) mass is 388 g/mol. The van der Waals surface area contributed by atoms with Crippen LogP contribution in [0.2, 0.25) is 0 Å². The van der Waals surface area contributed by atoms with Gasteiger partial charge in [0.15, 0.2) is 11.6 Å². The molecule has 0 saturated carbocycles. The van der Waals surface area contributed by atoms with Crippen molar-refractivity contribution in [2.75, 3.05) is 0 Å². The van der Waals surface area contributed by atoms with Gasteiger partial charge in [0.1, 0.15) is 21.8 Å².